The predicted octanol–water partition coefficient (Wildman–Crippen LogP) is 3.06. The SMILES string of the molecule is O=C1C=C(c2ccccc2[N+](=O)[O-])C(=O)c2ccccc21. The van der Waals surface area contributed by atoms with Crippen LogP contribution in [-0.2, 0) is 0 Å². The summed E-state index contributed by atoms with van der Waals surface area (Å²) in [5.41, 5.74) is 0.633. The summed E-state index contributed by atoms with van der Waals surface area (Å²) < 4.78 is 0. The van der Waals surface area contributed by atoms with Gasteiger partial charge in [-0.2, -0.15) is 0 Å². The van der Waals surface area contributed by atoms with E-state index in [0.29, 0.717) is 5.56 Å². The number of carbonyl (C=O) groups excluding carboxylic acids is 2. The topological polar surface area (TPSA) is 77.3 Å². The summed E-state index contributed by atoms with van der Waals surface area (Å²) in [4.78, 5) is 35.1. The molecule has 2 aromatic carbocycles. The van der Waals surface area contributed by atoms with Crippen molar-refractivity contribution in [2.75, 3.05) is 0 Å². The molecule has 5 nitrogen and oxygen atoms in total. The van der Waals surface area contributed by atoms with E-state index in [0.717, 1.165) is 0 Å². The van der Waals surface area contributed by atoms with Gasteiger partial charge in [-0.3, -0.25) is 19.7 Å². The van der Waals surface area contributed by atoms with E-state index in [1.807, 2.05) is 0 Å². The molecule has 102 valence electrons. The number of ketones is 2. The summed E-state index contributed by atoms with van der Waals surface area (Å²) in [7, 11) is 0. The minimum absolute atomic E-state index is 0.0611. The van der Waals surface area contributed by atoms with Crippen LogP contribution in [0.4, 0.5) is 5.69 Å². The van der Waals surface area contributed by atoms with Gasteiger partial charge in [0.1, 0.15) is 0 Å². The first-order valence-corrected chi connectivity index (χ1v) is 6.23. The number of allylic oxidation sites excluding steroid dienone is 2. The number of nitro groups is 1. The van der Waals surface area contributed by atoms with Gasteiger partial charge in [0.05, 0.1) is 10.5 Å². The Kier molecular flexibility index (Phi) is 2.95. The molecule has 0 aliphatic heterocycles. The highest BCUT2D eigenvalue weighted by molar-refractivity contribution is 6.39. The maximum Gasteiger partial charge on any atom is 0.277 e. The lowest BCUT2D eigenvalue weighted by Gasteiger charge is -2.14. The fourth-order valence-electron chi connectivity index (χ4n) is 2.38. The van der Waals surface area contributed by atoms with Gasteiger partial charge in [0.15, 0.2) is 11.6 Å². The number of para-hydroxylation sites is 1. The van der Waals surface area contributed by atoms with Crippen LogP contribution >= 0.6 is 0 Å². The van der Waals surface area contributed by atoms with Gasteiger partial charge in [-0.25, -0.2) is 0 Å². The maximum atomic E-state index is 12.5. The van der Waals surface area contributed by atoms with Gasteiger partial charge >= 0.3 is 0 Å². The van der Waals surface area contributed by atoms with Crippen LogP contribution in [0.5, 0.6) is 0 Å². The molecule has 5 heteroatoms. The van der Waals surface area contributed by atoms with Gasteiger partial charge in [0.25, 0.3) is 5.69 Å². The monoisotopic (exact) mass is 279 g/mol. The average molecular weight is 279 g/mol. The summed E-state index contributed by atoms with van der Waals surface area (Å²) in [6.07, 6.45) is 1.17. The number of hydrogen-bond donors (Lipinski definition) is 0. The number of hydrogen-bond acceptors (Lipinski definition) is 4. The van der Waals surface area contributed by atoms with Gasteiger partial charge in [0, 0.05) is 22.8 Å². The van der Waals surface area contributed by atoms with Gasteiger partial charge < -0.3 is 0 Å². The van der Waals surface area contributed by atoms with Crippen LogP contribution in [0.25, 0.3) is 5.57 Å². The third-order valence-corrected chi connectivity index (χ3v) is 3.35. The molecule has 0 bridgehead atoms. The van der Waals surface area contributed by atoms with Crippen LogP contribution in [0.1, 0.15) is 26.3 Å². The Hall–Kier alpha value is -3.08. The van der Waals surface area contributed by atoms with Crippen LogP contribution in [0, 0.1) is 10.1 Å². The van der Waals surface area contributed by atoms with Crippen molar-refractivity contribution in [2.45, 2.75) is 0 Å². The summed E-state index contributed by atoms with van der Waals surface area (Å²) in [6, 6.07) is 12.4. The Labute approximate surface area is 119 Å². The lowest BCUT2D eigenvalue weighted by atomic mass is 9.86. The zero-order chi connectivity index (χ0) is 15.0. The molecule has 2 aromatic rings. The van der Waals surface area contributed by atoms with Crippen LogP contribution < -0.4 is 0 Å². The van der Waals surface area contributed by atoms with Crippen LogP contribution in [0.3, 0.4) is 0 Å². The number of nitrogens with zero attached hydrogens (tertiary/aromatic N) is 1. The highest BCUT2D eigenvalue weighted by atomic mass is 16.6. The smallest absolute Gasteiger partial charge is 0.277 e. The third kappa shape index (κ3) is 2.04. The van der Waals surface area contributed by atoms with E-state index in [1.54, 1.807) is 30.3 Å². The van der Waals surface area contributed by atoms with Crippen molar-refractivity contribution < 1.29 is 14.5 Å². The van der Waals surface area contributed by atoms with E-state index in [2.05, 4.69) is 0 Å². The second kappa shape index (κ2) is 4.79. The third-order valence-electron chi connectivity index (χ3n) is 3.35. The normalized spacial score (nSPS) is 13.6. The van der Waals surface area contributed by atoms with Crippen molar-refractivity contribution in [3.8, 4) is 0 Å². The Balaban J connectivity index is 2.20. The molecule has 0 amide bonds. The number of benzene rings is 2. The molecule has 0 fully saturated rings. The van der Waals surface area contributed by atoms with E-state index < -0.39 is 4.92 Å². The summed E-state index contributed by atoms with van der Waals surface area (Å²) >= 11 is 0. The first kappa shape index (κ1) is 12.9. The molecule has 0 atom stereocenters. The Morgan fingerprint density at radius 1 is 0.810 bits per heavy atom. The van der Waals surface area contributed by atoms with Crippen molar-refractivity contribution in [3.05, 3.63) is 81.4 Å². The van der Waals surface area contributed by atoms with Crippen molar-refractivity contribution in [3.63, 3.8) is 0 Å². The first-order chi connectivity index (χ1) is 10.1. The predicted molar refractivity (Wildman–Crippen MR) is 76.2 cm³/mol. The quantitative estimate of drug-likeness (QED) is 0.625. The van der Waals surface area contributed by atoms with E-state index in [-0.39, 0.29) is 34.0 Å². The summed E-state index contributed by atoms with van der Waals surface area (Å²) in [5.74, 6) is -0.696. The lowest BCUT2D eigenvalue weighted by molar-refractivity contribution is -0.385. The number of rotatable bonds is 2. The Morgan fingerprint density at radius 2 is 1.38 bits per heavy atom. The fourth-order valence-corrected chi connectivity index (χ4v) is 2.38. The molecular weight excluding hydrogens is 270 g/mol. The molecule has 3 rings (SSSR count). The molecule has 1 aliphatic rings. The van der Waals surface area contributed by atoms with Crippen LogP contribution in [-0.4, -0.2) is 16.5 Å². The molecule has 0 N–H and O–H groups in total. The highest BCUT2D eigenvalue weighted by Crippen LogP contribution is 2.32. The highest BCUT2D eigenvalue weighted by Gasteiger charge is 2.29. The molecule has 0 unspecified atom stereocenters. The van der Waals surface area contributed by atoms with E-state index in [9.17, 15) is 19.7 Å². The van der Waals surface area contributed by atoms with Crippen molar-refractivity contribution in [1.29, 1.82) is 0 Å². The van der Waals surface area contributed by atoms with Gasteiger partial charge in [-0.05, 0) is 12.1 Å². The van der Waals surface area contributed by atoms with Crippen LogP contribution in [0.2, 0.25) is 0 Å². The molecule has 0 saturated heterocycles. The standard InChI is InChI=1S/C16H9NO4/c18-15-9-13(10-5-3-4-8-14(10)17(20)21)16(19)12-7-2-1-6-11(12)15/h1-9H. The molecule has 21 heavy (non-hydrogen) atoms. The van der Waals surface area contributed by atoms with Gasteiger partial charge in [0.2, 0.25) is 0 Å². The summed E-state index contributed by atoms with van der Waals surface area (Å²) in [6.45, 7) is 0. The first-order valence-electron chi connectivity index (χ1n) is 6.23. The average Bonchev–Trinajstić information content (AvgIpc) is 2.51. The second-order valence-corrected chi connectivity index (χ2v) is 4.57. The molecule has 0 saturated carbocycles. The fraction of sp³-hybridized carbons (Fsp3) is 0. The number of fused-ring (bicyclic) bond motifs is 1. The molecule has 0 spiro atoms. The second-order valence-electron chi connectivity index (χ2n) is 4.57. The maximum absolute atomic E-state index is 12.5. The number of carbonyl (C=O) groups is 2. The Morgan fingerprint density at radius 3 is 2.05 bits per heavy atom. The van der Waals surface area contributed by atoms with E-state index >= 15 is 0 Å². The minimum atomic E-state index is -0.561. The number of Topliss-reactive ketones (excluding diaryl/α,β-unsaturated/α-hetero) is 1. The molecule has 1 aliphatic carbocycles. The molecule has 0 aromatic heterocycles. The van der Waals surface area contributed by atoms with Gasteiger partial charge in [-0.15, -0.1) is 0 Å². The zero-order valence-corrected chi connectivity index (χ0v) is 10.8. The van der Waals surface area contributed by atoms with E-state index in [4.69, 9.17) is 0 Å². The number of nitro benzene ring substituents is 1. The van der Waals surface area contributed by atoms with Crippen molar-refractivity contribution in [2.24, 2.45) is 0 Å². The molecule has 0 radical (unpaired) electrons. The summed E-state index contributed by atoms with van der Waals surface area (Å²) in [5, 5.41) is 11.1. The molecular formula is C16H9NO4. The minimum Gasteiger partial charge on any atom is -0.289 e. The Bertz CT molecular complexity index is 821. The largest absolute Gasteiger partial charge is 0.289 e. The van der Waals surface area contributed by atoms with Crippen LogP contribution in [0.15, 0.2) is 54.6 Å². The zero-order valence-electron chi connectivity index (χ0n) is 10.8. The lowest BCUT2D eigenvalue weighted by Crippen LogP contribution is -2.16. The van der Waals surface area contributed by atoms with E-state index in [1.165, 1.54) is 24.3 Å². The van der Waals surface area contributed by atoms with Gasteiger partial charge in [-0.1, -0.05) is 36.4 Å². The van der Waals surface area contributed by atoms with Crippen molar-refractivity contribution >= 4 is 22.8 Å². The van der Waals surface area contributed by atoms with Crippen molar-refractivity contribution in [1.82, 2.24) is 0 Å². The molecule has 0 heterocycles.